The van der Waals surface area contributed by atoms with E-state index in [9.17, 15) is 9.59 Å². The summed E-state index contributed by atoms with van der Waals surface area (Å²) in [4.78, 5) is 28.3. The summed E-state index contributed by atoms with van der Waals surface area (Å²) in [6, 6.07) is 13.4. The highest BCUT2D eigenvalue weighted by molar-refractivity contribution is 8.04. The monoisotopic (exact) mass is 380 g/mol. The number of rotatable bonds is 4. The van der Waals surface area contributed by atoms with Crippen molar-refractivity contribution in [2.75, 3.05) is 19.1 Å². The van der Waals surface area contributed by atoms with Crippen LogP contribution in [0.15, 0.2) is 52.3 Å². The van der Waals surface area contributed by atoms with Crippen LogP contribution in [0.5, 0.6) is 5.75 Å². The minimum absolute atomic E-state index is 0.0780. The van der Waals surface area contributed by atoms with E-state index in [1.54, 1.807) is 25.1 Å². The molecule has 0 spiro atoms. The number of likely N-dealkylation sites (N-methyl/N-ethyl adjacent to an activating group) is 1. The fraction of sp³-hybridized carbons (Fsp3) is 0.238. The van der Waals surface area contributed by atoms with Crippen LogP contribution in [0.1, 0.15) is 28.8 Å². The molecule has 0 atom stereocenters. The van der Waals surface area contributed by atoms with Crippen molar-refractivity contribution >= 4 is 35.3 Å². The number of carbonyl (C=O) groups is 2. The van der Waals surface area contributed by atoms with Crippen LogP contribution in [-0.2, 0) is 4.79 Å². The maximum absolute atomic E-state index is 12.8. The molecule has 0 unspecified atom stereocenters. The minimum atomic E-state index is -0.0805. The summed E-state index contributed by atoms with van der Waals surface area (Å²) in [5.74, 6) is 0.619. The highest BCUT2D eigenvalue weighted by Gasteiger charge is 2.28. The Hall–Kier alpha value is -2.73. The van der Waals surface area contributed by atoms with Crippen LogP contribution in [-0.4, -0.2) is 32.0 Å². The van der Waals surface area contributed by atoms with Gasteiger partial charge in [0.25, 0.3) is 11.8 Å². The van der Waals surface area contributed by atoms with E-state index in [-0.39, 0.29) is 11.8 Å². The predicted octanol–water partition coefficient (Wildman–Crippen LogP) is 3.70. The summed E-state index contributed by atoms with van der Waals surface area (Å²) in [6.07, 6.45) is 3.97. The Bertz CT molecular complexity index is 933. The van der Waals surface area contributed by atoms with Crippen molar-refractivity contribution in [3.8, 4) is 5.75 Å². The summed E-state index contributed by atoms with van der Waals surface area (Å²) in [5, 5.41) is 2.98. The standard InChI is InChI=1S/C21H20N2O3S/c1-23-17-12-14(20(24)22-15-6-7-15)5-10-18(17)27-19(21(23)25)11-13-3-8-16(26-2)9-4-13/h3-5,8-12,15H,6-7H2,1-2H3,(H,22,24). The predicted molar refractivity (Wildman–Crippen MR) is 107 cm³/mol. The van der Waals surface area contributed by atoms with E-state index in [0.717, 1.165) is 34.7 Å². The molecule has 1 fully saturated rings. The molecule has 27 heavy (non-hydrogen) atoms. The molecule has 138 valence electrons. The summed E-state index contributed by atoms with van der Waals surface area (Å²) in [5.41, 5.74) is 2.28. The van der Waals surface area contributed by atoms with Gasteiger partial charge in [-0.3, -0.25) is 9.59 Å². The largest absolute Gasteiger partial charge is 0.497 e. The Balaban J connectivity index is 1.60. The van der Waals surface area contributed by atoms with E-state index in [4.69, 9.17) is 4.74 Å². The third kappa shape index (κ3) is 3.71. The molecule has 0 aromatic heterocycles. The molecule has 1 heterocycles. The second-order valence-corrected chi connectivity index (χ2v) is 7.76. The van der Waals surface area contributed by atoms with Crippen molar-refractivity contribution in [2.45, 2.75) is 23.8 Å². The number of nitrogens with one attached hydrogen (secondary N) is 1. The van der Waals surface area contributed by atoms with Gasteiger partial charge in [-0.2, -0.15) is 0 Å². The van der Waals surface area contributed by atoms with E-state index >= 15 is 0 Å². The Morgan fingerprint density at radius 2 is 1.96 bits per heavy atom. The van der Waals surface area contributed by atoms with Crippen molar-refractivity contribution in [3.05, 3.63) is 58.5 Å². The van der Waals surface area contributed by atoms with Gasteiger partial charge in [0.05, 0.1) is 17.7 Å². The van der Waals surface area contributed by atoms with Crippen molar-refractivity contribution < 1.29 is 14.3 Å². The first-order chi connectivity index (χ1) is 13.0. The van der Waals surface area contributed by atoms with Gasteiger partial charge in [-0.1, -0.05) is 23.9 Å². The van der Waals surface area contributed by atoms with Gasteiger partial charge < -0.3 is 15.0 Å². The molecule has 4 rings (SSSR count). The zero-order valence-electron chi connectivity index (χ0n) is 15.2. The zero-order chi connectivity index (χ0) is 19.0. The number of hydrogen-bond acceptors (Lipinski definition) is 4. The van der Waals surface area contributed by atoms with E-state index < -0.39 is 0 Å². The van der Waals surface area contributed by atoms with E-state index in [2.05, 4.69) is 5.32 Å². The van der Waals surface area contributed by atoms with E-state index in [0.29, 0.717) is 16.5 Å². The van der Waals surface area contributed by atoms with Gasteiger partial charge in [0.2, 0.25) is 0 Å². The summed E-state index contributed by atoms with van der Waals surface area (Å²) in [6.45, 7) is 0. The molecule has 1 N–H and O–H groups in total. The third-order valence-corrected chi connectivity index (χ3v) is 5.72. The maximum Gasteiger partial charge on any atom is 0.264 e. The lowest BCUT2D eigenvalue weighted by molar-refractivity contribution is -0.114. The molecule has 2 aromatic rings. The molecular weight excluding hydrogens is 360 g/mol. The van der Waals surface area contributed by atoms with Gasteiger partial charge >= 0.3 is 0 Å². The fourth-order valence-corrected chi connectivity index (χ4v) is 3.98. The number of amides is 2. The van der Waals surface area contributed by atoms with Crippen LogP contribution in [0.25, 0.3) is 6.08 Å². The van der Waals surface area contributed by atoms with Crippen LogP contribution in [0.2, 0.25) is 0 Å². The SMILES string of the molecule is COc1ccc(C=C2Sc3ccc(C(=O)NC4CC4)cc3N(C)C2=O)cc1. The van der Waals surface area contributed by atoms with Gasteiger partial charge in [-0.05, 0) is 54.8 Å². The lowest BCUT2D eigenvalue weighted by atomic mass is 10.1. The highest BCUT2D eigenvalue weighted by atomic mass is 32.2. The molecule has 0 radical (unpaired) electrons. The zero-order valence-corrected chi connectivity index (χ0v) is 16.0. The number of benzene rings is 2. The molecule has 6 heteroatoms. The van der Waals surface area contributed by atoms with Gasteiger partial charge in [-0.25, -0.2) is 0 Å². The van der Waals surface area contributed by atoms with E-state index in [1.165, 1.54) is 11.8 Å². The van der Waals surface area contributed by atoms with Crippen molar-refractivity contribution in [1.29, 1.82) is 0 Å². The van der Waals surface area contributed by atoms with Crippen molar-refractivity contribution in [2.24, 2.45) is 0 Å². The van der Waals surface area contributed by atoms with E-state index in [1.807, 2.05) is 42.5 Å². The minimum Gasteiger partial charge on any atom is -0.497 e. The third-order valence-electron chi connectivity index (χ3n) is 4.64. The Labute approximate surface area is 162 Å². The van der Waals surface area contributed by atoms with Crippen molar-refractivity contribution in [3.63, 3.8) is 0 Å². The van der Waals surface area contributed by atoms with Crippen molar-refractivity contribution in [1.82, 2.24) is 5.32 Å². The average molecular weight is 380 g/mol. The maximum atomic E-state index is 12.8. The Kier molecular flexibility index (Phi) is 4.66. The number of hydrogen-bond donors (Lipinski definition) is 1. The van der Waals surface area contributed by atoms with Crippen LogP contribution >= 0.6 is 11.8 Å². The van der Waals surface area contributed by atoms with Gasteiger partial charge in [-0.15, -0.1) is 0 Å². The second kappa shape index (κ2) is 7.12. The molecule has 2 amide bonds. The lowest BCUT2D eigenvalue weighted by Crippen LogP contribution is -2.31. The highest BCUT2D eigenvalue weighted by Crippen LogP contribution is 2.42. The summed E-state index contributed by atoms with van der Waals surface area (Å²) >= 11 is 1.43. The smallest absolute Gasteiger partial charge is 0.264 e. The molecule has 2 aliphatic rings. The molecule has 1 saturated carbocycles. The molecule has 1 aliphatic carbocycles. The number of anilines is 1. The number of carbonyl (C=O) groups excluding carboxylic acids is 2. The summed E-state index contributed by atoms with van der Waals surface area (Å²) < 4.78 is 5.17. The quantitative estimate of drug-likeness (QED) is 0.822. The number of ether oxygens (including phenoxy) is 1. The number of fused-ring (bicyclic) bond motifs is 1. The van der Waals surface area contributed by atoms with Crippen LogP contribution in [0.3, 0.4) is 0 Å². The normalized spacial score (nSPS) is 17.6. The van der Waals surface area contributed by atoms with Gasteiger partial charge in [0.15, 0.2) is 0 Å². The molecular formula is C21H20N2O3S. The molecule has 2 aromatic carbocycles. The van der Waals surface area contributed by atoms with Gasteiger partial charge in [0.1, 0.15) is 5.75 Å². The number of thioether (sulfide) groups is 1. The average Bonchev–Trinajstić information content (AvgIpc) is 3.50. The lowest BCUT2D eigenvalue weighted by Gasteiger charge is -2.27. The Morgan fingerprint density at radius 1 is 1.22 bits per heavy atom. The first-order valence-corrected chi connectivity index (χ1v) is 9.63. The van der Waals surface area contributed by atoms with Crippen LogP contribution < -0.4 is 15.0 Å². The number of nitrogens with zero attached hydrogens (tertiary/aromatic N) is 1. The first kappa shape index (κ1) is 17.7. The topological polar surface area (TPSA) is 58.6 Å². The molecule has 1 aliphatic heterocycles. The number of methoxy groups -OCH3 is 1. The molecule has 5 nitrogen and oxygen atoms in total. The first-order valence-electron chi connectivity index (χ1n) is 8.82. The van der Waals surface area contributed by atoms with Gasteiger partial charge in [0, 0.05) is 23.5 Å². The van der Waals surface area contributed by atoms with Crippen LogP contribution in [0, 0.1) is 0 Å². The molecule has 0 bridgehead atoms. The summed E-state index contributed by atoms with van der Waals surface area (Å²) in [7, 11) is 3.37. The van der Waals surface area contributed by atoms with Crippen LogP contribution in [0.4, 0.5) is 5.69 Å². The second-order valence-electron chi connectivity index (χ2n) is 6.68. The molecule has 0 saturated heterocycles. The fourth-order valence-electron chi connectivity index (χ4n) is 2.88. The Morgan fingerprint density at radius 3 is 2.63 bits per heavy atom.